The maximum Gasteiger partial charge on any atom is 0.306 e. The minimum absolute atomic E-state index is 0.0683. The highest BCUT2D eigenvalue weighted by molar-refractivity contribution is 7.15. The van der Waals surface area contributed by atoms with E-state index in [4.69, 9.17) is 10.8 Å². The summed E-state index contributed by atoms with van der Waals surface area (Å²) in [4.78, 5) is 22.7. The van der Waals surface area contributed by atoms with E-state index in [9.17, 15) is 9.59 Å². The van der Waals surface area contributed by atoms with Crippen LogP contribution in [0.5, 0.6) is 0 Å². The Bertz CT molecular complexity index is 476. The number of carbonyl (C=O) groups is 2. The zero-order valence-corrected chi connectivity index (χ0v) is 11.2. The standard InChI is InChI=1S/C11H16N4O3S/c12-11-15-14-8(19-11)3-4-13-9(16)6-1-2-7(5-6)10(17)18/h6-7H,1-5H2,(H2,12,15)(H,13,16)(H,17,18)/t6-,7+/m0/s1. The molecule has 8 heteroatoms. The Kier molecular flexibility index (Phi) is 4.31. The van der Waals surface area contributed by atoms with E-state index in [1.54, 1.807) is 0 Å². The minimum Gasteiger partial charge on any atom is -0.481 e. The van der Waals surface area contributed by atoms with Gasteiger partial charge in [0.15, 0.2) is 0 Å². The lowest BCUT2D eigenvalue weighted by Crippen LogP contribution is -2.31. The number of nitrogen functional groups attached to an aromatic ring is 1. The van der Waals surface area contributed by atoms with Crippen molar-refractivity contribution in [3.05, 3.63) is 5.01 Å². The monoisotopic (exact) mass is 284 g/mol. The summed E-state index contributed by atoms with van der Waals surface area (Å²) in [5.41, 5.74) is 5.46. The minimum atomic E-state index is -0.806. The molecule has 1 aliphatic rings. The number of anilines is 1. The molecular weight excluding hydrogens is 268 g/mol. The molecule has 2 rings (SSSR count). The van der Waals surface area contributed by atoms with Gasteiger partial charge in [0.25, 0.3) is 0 Å². The predicted molar refractivity (Wildman–Crippen MR) is 69.5 cm³/mol. The first-order valence-corrected chi connectivity index (χ1v) is 6.96. The summed E-state index contributed by atoms with van der Waals surface area (Å²) in [6.45, 7) is 0.474. The van der Waals surface area contributed by atoms with Crippen LogP contribution < -0.4 is 11.1 Å². The third-order valence-electron chi connectivity index (χ3n) is 3.27. The van der Waals surface area contributed by atoms with E-state index in [-0.39, 0.29) is 17.7 Å². The fourth-order valence-electron chi connectivity index (χ4n) is 2.25. The highest BCUT2D eigenvalue weighted by Gasteiger charge is 2.33. The molecule has 0 radical (unpaired) electrons. The molecule has 1 heterocycles. The number of hydrogen-bond donors (Lipinski definition) is 3. The van der Waals surface area contributed by atoms with E-state index in [0.29, 0.717) is 37.4 Å². The summed E-state index contributed by atoms with van der Waals surface area (Å²) >= 11 is 1.30. The lowest BCUT2D eigenvalue weighted by atomic mass is 10.0. The molecule has 19 heavy (non-hydrogen) atoms. The fraction of sp³-hybridized carbons (Fsp3) is 0.636. The molecule has 7 nitrogen and oxygen atoms in total. The van der Waals surface area contributed by atoms with Gasteiger partial charge in [-0.2, -0.15) is 0 Å². The molecule has 4 N–H and O–H groups in total. The second-order valence-corrected chi connectivity index (χ2v) is 5.71. The molecule has 2 atom stereocenters. The predicted octanol–water partition coefficient (Wildman–Crippen LogP) is 0.280. The van der Waals surface area contributed by atoms with Crippen LogP contribution in [-0.4, -0.2) is 33.7 Å². The van der Waals surface area contributed by atoms with Crippen molar-refractivity contribution in [3.63, 3.8) is 0 Å². The van der Waals surface area contributed by atoms with Crippen molar-refractivity contribution in [2.24, 2.45) is 11.8 Å². The largest absolute Gasteiger partial charge is 0.481 e. The maximum absolute atomic E-state index is 11.8. The Balaban J connectivity index is 1.72. The summed E-state index contributed by atoms with van der Waals surface area (Å²) in [7, 11) is 0. The molecule has 0 bridgehead atoms. The Morgan fingerprint density at radius 3 is 2.68 bits per heavy atom. The van der Waals surface area contributed by atoms with Gasteiger partial charge in [0.1, 0.15) is 5.01 Å². The van der Waals surface area contributed by atoms with Crippen LogP contribution in [0, 0.1) is 11.8 Å². The number of carbonyl (C=O) groups excluding carboxylic acids is 1. The molecular formula is C11H16N4O3S. The molecule has 1 aromatic heterocycles. The number of rotatable bonds is 5. The van der Waals surface area contributed by atoms with Crippen molar-refractivity contribution in [3.8, 4) is 0 Å². The summed E-state index contributed by atoms with van der Waals surface area (Å²) in [5.74, 6) is -1.43. The highest BCUT2D eigenvalue weighted by atomic mass is 32.1. The van der Waals surface area contributed by atoms with Crippen LogP contribution in [0.3, 0.4) is 0 Å². The van der Waals surface area contributed by atoms with Gasteiger partial charge < -0.3 is 16.2 Å². The lowest BCUT2D eigenvalue weighted by Gasteiger charge is -2.09. The molecule has 104 valence electrons. The van der Waals surface area contributed by atoms with E-state index >= 15 is 0 Å². The van der Waals surface area contributed by atoms with E-state index in [1.165, 1.54) is 11.3 Å². The van der Waals surface area contributed by atoms with E-state index in [0.717, 1.165) is 5.01 Å². The van der Waals surface area contributed by atoms with E-state index < -0.39 is 5.97 Å². The fourth-order valence-corrected chi connectivity index (χ4v) is 2.86. The van der Waals surface area contributed by atoms with Gasteiger partial charge in [0.05, 0.1) is 5.92 Å². The van der Waals surface area contributed by atoms with E-state index in [1.807, 2.05) is 0 Å². The Hall–Kier alpha value is -1.70. The van der Waals surface area contributed by atoms with Crippen molar-refractivity contribution in [1.29, 1.82) is 0 Å². The van der Waals surface area contributed by atoms with Gasteiger partial charge in [0.2, 0.25) is 11.0 Å². The molecule has 1 amide bonds. The molecule has 0 saturated heterocycles. The first-order valence-electron chi connectivity index (χ1n) is 6.14. The number of hydrogen-bond acceptors (Lipinski definition) is 6. The number of aliphatic carboxylic acids is 1. The van der Waals surface area contributed by atoms with Crippen LogP contribution >= 0.6 is 11.3 Å². The Morgan fingerprint density at radius 2 is 2.11 bits per heavy atom. The average Bonchev–Trinajstić information content (AvgIpc) is 2.98. The third kappa shape index (κ3) is 3.63. The highest BCUT2D eigenvalue weighted by Crippen LogP contribution is 2.31. The van der Waals surface area contributed by atoms with Crippen LogP contribution in [0.15, 0.2) is 0 Å². The number of nitrogens with two attached hydrogens (primary N) is 1. The molecule has 0 aromatic carbocycles. The number of carboxylic acid groups (broad SMARTS) is 1. The summed E-state index contributed by atoms with van der Waals surface area (Å²) in [6, 6.07) is 0. The second-order valence-electron chi connectivity index (χ2n) is 4.62. The Labute approximate surface area is 114 Å². The smallest absolute Gasteiger partial charge is 0.306 e. The molecule has 1 aromatic rings. The third-order valence-corrected chi connectivity index (χ3v) is 4.09. The van der Waals surface area contributed by atoms with Crippen LogP contribution in [0.4, 0.5) is 5.13 Å². The van der Waals surface area contributed by atoms with Crippen molar-refractivity contribution in [2.45, 2.75) is 25.7 Å². The molecule has 0 aliphatic heterocycles. The van der Waals surface area contributed by atoms with Gasteiger partial charge in [-0.25, -0.2) is 0 Å². The zero-order valence-electron chi connectivity index (χ0n) is 10.3. The van der Waals surface area contributed by atoms with Crippen molar-refractivity contribution >= 4 is 28.3 Å². The van der Waals surface area contributed by atoms with Crippen LogP contribution in [0.1, 0.15) is 24.3 Å². The van der Waals surface area contributed by atoms with Crippen LogP contribution in [0.25, 0.3) is 0 Å². The van der Waals surface area contributed by atoms with Gasteiger partial charge in [0, 0.05) is 18.9 Å². The van der Waals surface area contributed by atoms with E-state index in [2.05, 4.69) is 15.5 Å². The summed E-state index contributed by atoms with van der Waals surface area (Å²) in [5, 5.41) is 20.4. The van der Waals surface area contributed by atoms with Gasteiger partial charge in [-0.1, -0.05) is 11.3 Å². The number of carboxylic acids is 1. The van der Waals surface area contributed by atoms with Gasteiger partial charge in [-0.3, -0.25) is 9.59 Å². The first-order chi connectivity index (χ1) is 9.06. The second kappa shape index (κ2) is 5.96. The number of amides is 1. The topological polar surface area (TPSA) is 118 Å². The lowest BCUT2D eigenvalue weighted by molar-refractivity contribution is -0.141. The van der Waals surface area contributed by atoms with Crippen LogP contribution in [-0.2, 0) is 16.0 Å². The number of aromatic nitrogens is 2. The zero-order chi connectivity index (χ0) is 13.8. The number of nitrogens with one attached hydrogen (secondary N) is 1. The van der Waals surface area contributed by atoms with Crippen molar-refractivity contribution < 1.29 is 14.7 Å². The van der Waals surface area contributed by atoms with Crippen LogP contribution in [0.2, 0.25) is 0 Å². The van der Waals surface area contributed by atoms with Crippen molar-refractivity contribution in [2.75, 3.05) is 12.3 Å². The molecule has 1 saturated carbocycles. The quantitative estimate of drug-likeness (QED) is 0.714. The van der Waals surface area contributed by atoms with Gasteiger partial charge in [-0.15, -0.1) is 10.2 Å². The van der Waals surface area contributed by atoms with Gasteiger partial charge in [-0.05, 0) is 19.3 Å². The summed E-state index contributed by atoms with van der Waals surface area (Å²) in [6.07, 6.45) is 2.26. The number of nitrogens with zero attached hydrogens (tertiary/aromatic N) is 2. The van der Waals surface area contributed by atoms with Gasteiger partial charge >= 0.3 is 5.97 Å². The molecule has 0 unspecified atom stereocenters. The first kappa shape index (κ1) is 13.7. The van der Waals surface area contributed by atoms with Crippen molar-refractivity contribution in [1.82, 2.24) is 15.5 Å². The summed E-state index contributed by atoms with van der Waals surface area (Å²) < 4.78 is 0. The Morgan fingerprint density at radius 1 is 1.37 bits per heavy atom. The molecule has 1 aliphatic carbocycles. The maximum atomic E-state index is 11.8. The normalized spacial score (nSPS) is 22.3. The SMILES string of the molecule is Nc1nnc(CCNC(=O)[C@H]2CC[C@@H](C(=O)O)C2)s1. The molecule has 0 spiro atoms. The molecule has 1 fully saturated rings. The average molecular weight is 284 g/mol.